The minimum absolute atomic E-state index is 0.147. The Balaban J connectivity index is 0.00000144. The number of aryl methyl sites for hydroxylation is 1. The van der Waals surface area contributed by atoms with Crippen LogP contribution in [0.4, 0.5) is 24.9 Å². The van der Waals surface area contributed by atoms with E-state index in [2.05, 4.69) is 30.0 Å². The van der Waals surface area contributed by atoms with E-state index in [1.54, 1.807) is 4.68 Å². The molecule has 4 aromatic heterocycles. The summed E-state index contributed by atoms with van der Waals surface area (Å²) in [5.74, 6) is -1.68. The largest absolute Gasteiger partial charge is 0.351 e. The molecule has 0 saturated carbocycles. The highest BCUT2D eigenvalue weighted by atomic mass is 19.1. The van der Waals surface area contributed by atoms with Crippen LogP contribution in [-0.4, -0.2) is 60.5 Å². The minimum atomic E-state index is -0.995. The van der Waals surface area contributed by atoms with Gasteiger partial charge >= 0.3 is 0 Å². The van der Waals surface area contributed by atoms with E-state index in [-0.39, 0.29) is 11.1 Å². The van der Waals surface area contributed by atoms with Crippen molar-refractivity contribution in [2.45, 2.75) is 13.8 Å². The molecule has 0 N–H and O–H groups in total. The molecule has 12 heteroatoms. The van der Waals surface area contributed by atoms with Gasteiger partial charge in [0, 0.05) is 86.8 Å². The van der Waals surface area contributed by atoms with Crippen LogP contribution in [0.5, 0.6) is 0 Å². The third kappa shape index (κ3) is 4.76. The predicted octanol–water partition coefficient (Wildman–Crippen LogP) is 4.36. The molecule has 1 aliphatic rings. The van der Waals surface area contributed by atoms with Crippen molar-refractivity contribution in [3.8, 4) is 22.3 Å². The number of fused-ring (bicyclic) bond motifs is 1. The average Bonchev–Trinajstić information content (AvgIpc) is 3.56. The summed E-state index contributed by atoms with van der Waals surface area (Å²) in [4.78, 5) is 17.3. The predicted molar refractivity (Wildman–Crippen MR) is 138 cm³/mol. The smallest absolute Gasteiger partial charge is 0.225 e. The second kappa shape index (κ2) is 10.5. The number of piperazine rings is 1. The average molecular weight is 522 g/mol. The summed E-state index contributed by atoms with van der Waals surface area (Å²) in [5, 5.41) is 8.59. The van der Waals surface area contributed by atoms with Gasteiger partial charge in [-0.3, -0.25) is 4.68 Å². The second-order valence-corrected chi connectivity index (χ2v) is 8.54. The maximum Gasteiger partial charge on any atom is 0.225 e. The molecular weight excluding hydrogens is 495 g/mol. The van der Waals surface area contributed by atoms with Gasteiger partial charge in [0.1, 0.15) is 29.3 Å². The summed E-state index contributed by atoms with van der Waals surface area (Å²) in [7, 11) is 1.88. The molecule has 5 heterocycles. The molecule has 38 heavy (non-hydrogen) atoms. The van der Waals surface area contributed by atoms with Crippen molar-refractivity contribution >= 4 is 17.3 Å². The van der Waals surface area contributed by atoms with Crippen LogP contribution in [0.2, 0.25) is 0 Å². The first-order valence-corrected chi connectivity index (χ1v) is 12.3. The van der Waals surface area contributed by atoms with Crippen LogP contribution in [0.15, 0.2) is 55.5 Å². The van der Waals surface area contributed by atoms with Crippen molar-refractivity contribution in [2.75, 3.05) is 36.0 Å². The normalized spacial score (nSPS) is 13.5. The van der Waals surface area contributed by atoms with Gasteiger partial charge in [-0.15, -0.1) is 0 Å². The van der Waals surface area contributed by atoms with Gasteiger partial charge in [-0.2, -0.15) is 10.2 Å². The van der Waals surface area contributed by atoms with E-state index < -0.39 is 17.5 Å². The van der Waals surface area contributed by atoms with Crippen LogP contribution in [0.3, 0.4) is 0 Å². The number of anilines is 2. The molecule has 5 aromatic rings. The zero-order chi connectivity index (χ0) is 26.8. The number of rotatable bonds is 4. The Morgan fingerprint density at radius 3 is 2.00 bits per heavy atom. The highest BCUT2D eigenvalue weighted by molar-refractivity contribution is 5.77. The van der Waals surface area contributed by atoms with Gasteiger partial charge in [0.15, 0.2) is 5.82 Å². The molecule has 6 rings (SSSR count). The topological polar surface area (TPSA) is 80.3 Å². The summed E-state index contributed by atoms with van der Waals surface area (Å²) in [5.41, 5.74) is 2.70. The highest BCUT2D eigenvalue weighted by Crippen LogP contribution is 2.29. The van der Waals surface area contributed by atoms with Crippen LogP contribution in [0.25, 0.3) is 27.8 Å². The molecule has 0 radical (unpaired) electrons. The fourth-order valence-corrected chi connectivity index (χ4v) is 4.44. The summed E-state index contributed by atoms with van der Waals surface area (Å²) in [6.07, 6.45) is 9.95. The summed E-state index contributed by atoms with van der Waals surface area (Å²) >= 11 is 0. The number of halogens is 3. The van der Waals surface area contributed by atoms with E-state index in [9.17, 15) is 13.2 Å². The molecule has 0 atom stereocenters. The Hall–Kier alpha value is -4.48. The minimum Gasteiger partial charge on any atom is -0.351 e. The zero-order valence-electron chi connectivity index (χ0n) is 21.2. The lowest BCUT2D eigenvalue weighted by atomic mass is 10.1. The van der Waals surface area contributed by atoms with Crippen molar-refractivity contribution in [2.24, 2.45) is 7.05 Å². The molecule has 0 unspecified atom stereocenters. The monoisotopic (exact) mass is 521 g/mol. The molecule has 1 fully saturated rings. The number of hydrogen-bond acceptors (Lipinski definition) is 7. The summed E-state index contributed by atoms with van der Waals surface area (Å²) in [6.45, 7) is 6.61. The lowest BCUT2D eigenvalue weighted by Gasteiger charge is -2.35. The molecule has 9 nitrogen and oxygen atoms in total. The van der Waals surface area contributed by atoms with Gasteiger partial charge in [0.2, 0.25) is 5.95 Å². The van der Waals surface area contributed by atoms with Gasteiger partial charge < -0.3 is 9.80 Å². The first-order chi connectivity index (χ1) is 18.5. The third-order valence-electron chi connectivity index (χ3n) is 6.22. The van der Waals surface area contributed by atoms with Gasteiger partial charge in [-0.05, 0) is 6.07 Å². The number of nitrogens with zero attached hydrogens (tertiary/aromatic N) is 9. The lowest BCUT2D eigenvalue weighted by molar-refractivity contribution is 0.548. The molecule has 0 spiro atoms. The molecule has 1 aliphatic heterocycles. The van der Waals surface area contributed by atoms with Crippen molar-refractivity contribution in [3.05, 3.63) is 73.0 Å². The summed E-state index contributed by atoms with van der Waals surface area (Å²) in [6, 6.07) is 3.33. The van der Waals surface area contributed by atoms with E-state index in [1.807, 2.05) is 55.0 Å². The van der Waals surface area contributed by atoms with Gasteiger partial charge in [0.25, 0.3) is 0 Å². The van der Waals surface area contributed by atoms with Gasteiger partial charge in [-0.1, -0.05) is 13.8 Å². The fourth-order valence-electron chi connectivity index (χ4n) is 4.44. The summed E-state index contributed by atoms with van der Waals surface area (Å²) < 4.78 is 45.0. The van der Waals surface area contributed by atoms with Crippen LogP contribution in [0.1, 0.15) is 13.8 Å². The molecule has 0 aliphatic carbocycles. The van der Waals surface area contributed by atoms with E-state index in [4.69, 9.17) is 0 Å². The van der Waals surface area contributed by atoms with Gasteiger partial charge in [-0.25, -0.2) is 32.6 Å². The van der Waals surface area contributed by atoms with Crippen molar-refractivity contribution in [1.29, 1.82) is 0 Å². The number of benzene rings is 1. The van der Waals surface area contributed by atoms with Crippen LogP contribution in [0, 0.1) is 17.5 Å². The van der Waals surface area contributed by atoms with Gasteiger partial charge in [0.05, 0.1) is 11.8 Å². The van der Waals surface area contributed by atoms with E-state index in [0.717, 1.165) is 22.5 Å². The molecule has 1 saturated heterocycles. The Labute approximate surface area is 217 Å². The fraction of sp³-hybridized carbons (Fsp3) is 0.269. The maximum atomic E-state index is 14.1. The lowest BCUT2D eigenvalue weighted by Crippen LogP contribution is -2.47. The van der Waals surface area contributed by atoms with Crippen LogP contribution < -0.4 is 9.80 Å². The maximum absolute atomic E-state index is 14.1. The van der Waals surface area contributed by atoms with E-state index in [0.29, 0.717) is 44.3 Å². The van der Waals surface area contributed by atoms with Crippen molar-refractivity contribution < 1.29 is 13.2 Å². The van der Waals surface area contributed by atoms with Crippen LogP contribution in [-0.2, 0) is 7.05 Å². The SMILES string of the molecule is CC.Cn1cc(-c2cc3c(N4CCN(c5ncc(-c6c(F)cc(F)cc6F)cn5)CC4)ncnn3c2)cn1. The molecular formula is C26H26F3N9. The molecule has 1 aromatic carbocycles. The molecule has 0 bridgehead atoms. The Kier molecular flexibility index (Phi) is 6.95. The first kappa shape index (κ1) is 25.2. The standard InChI is InChI=1S/C24H20F3N9.C2H6/c1-33-12-17(11-31-33)15-6-21-23(30-14-32-36(21)13-15)34-2-4-35(5-3-34)24-28-9-16(10-29-24)22-19(26)7-18(25)8-20(22)27;1-2/h6-14H,2-5H2,1H3;1-2H3. The Morgan fingerprint density at radius 2 is 1.37 bits per heavy atom. The second-order valence-electron chi connectivity index (χ2n) is 8.54. The van der Waals surface area contributed by atoms with Crippen molar-refractivity contribution in [1.82, 2.24) is 34.3 Å². The Morgan fingerprint density at radius 1 is 0.711 bits per heavy atom. The number of hydrogen-bond donors (Lipinski definition) is 0. The first-order valence-electron chi connectivity index (χ1n) is 12.3. The third-order valence-corrected chi connectivity index (χ3v) is 6.22. The zero-order valence-corrected chi connectivity index (χ0v) is 21.2. The molecule has 196 valence electrons. The molecule has 0 amide bonds. The van der Waals surface area contributed by atoms with Crippen LogP contribution >= 0.6 is 0 Å². The van der Waals surface area contributed by atoms with E-state index >= 15 is 0 Å². The van der Waals surface area contributed by atoms with E-state index in [1.165, 1.54) is 18.7 Å². The number of aromatic nitrogens is 7. The quantitative estimate of drug-likeness (QED) is 0.348. The highest BCUT2D eigenvalue weighted by Gasteiger charge is 2.23. The van der Waals surface area contributed by atoms with Crippen molar-refractivity contribution in [3.63, 3.8) is 0 Å². The Bertz CT molecular complexity index is 1530.